The number of carbonyl (C=O) groups excluding carboxylic acids is 1. The average Bonchev–Trinajstić information content (AvgIpc) is 2.94. The van der Waals surface area contributed by atoms with Crippen LogP contribution >= 0.6 is 0 Å². The zero-order valence-electron chi connectivity index (χ0n) is 10.8. The Hall–Kier alpha value is -2.49. The summed E-state index contributed by atoms with van der Waals surface area (Å²) in [6.07, 6.45) is 0. The van der Waals surface area contributed by atoms with Gasteiger partial charge in [0.1, 0.15) is 5.76 Å². The Balaban J connectivity index is 2.09. The third kappa shape index (κ3) is 1.81. The minimum atomic E-state index is -0.185. The number of para-hydroxylation sites is 1. The molecule has 0 unspecified atom stereocenters. The fourth-order valence-corrected chi connectivity index (χ4v) is 2.17. The molecule has 4 heteroatoms. The van der Waals surface area contributed by atoms with E-state index in [-0.39, 0.29) is 11.5 Å². The molecule has 0 aliphatic heterocycles. The summed E-state index contributed by atoms with van der Waals surface area (Å²) in [5, 5.41) is 1.01. The minimum absolute atomic E-state index is 0.185. The Kier molecular flexibility index (Phi) is 2.45. The van der Waals surface area contributed by atoms with E-state index in [9.17, 15) is 4.79 Å². The molecule has 3 N–H and O–H groups in total. The predicted molar refractivity (Wildman–Crippen MR) is 74.3 cm³/mol. The highest BCUT2D eigenvalue weighted by atomic mass is 16.3. The normalized spacial score (nSPS) is 11.1. The first-order valence-electron chi connectivity index (χ1n) is 6.05. The van der Waals surface area contributed by atoms with Crippen molar-refractivity contribution in [2.45, 2.75) is 13.8 Å². The Bertz CT molecular complexity index is 761. The summed E-state index contributed by atoms with van der Waals surface area (Å²) in [6.45, 7) is 3.74. The van der Waals surface area contributed by atoms with Gasteiger partial charge in [-0.2, -0.15) is 0 Å². The molecule has 0 fully saturated rings. The Morgan fingerprint density at radius 1 is 1.26 bits per heavy atom. The highest BCUT2D eigenvalue weighted by Gasteiger charge is 2.17. The van der Waals surface area contributed by atoms with Crippen LogP contribution < -0.4 is 5.73 Å². The van der Waals surface area contributed by atoms with E-state index < -0.39 is 0 Å². The molecule has 1 aromatic carbocycles. The lowest BCUT2D eigenvalue weighted by molar-refractivity contribution is 0.100. The first kappa shape index (κ1) is 11.6. The number of nitrogens with one attached hydrogen (secondary N) is 1. The van der Waals surface area contributed by atoms with Crippen molar-refractivity contribution in [2.24, 2.45) is 0 Å². The van der Waals surface area contributed by atoms with Gasteiger partial charge in [-0.3, -0.25) is 4.79 Å². The summed E-state index contributed by atoms with van der Waals surface area (Å²) < 4.78 is 5.36. The monoisotopic (exact) mass is 254 g/mol. The largest absolute Gasteiger partial charge is 0.456 e. The van der Waals surface area contributed by atoms with Crippen LogP contribution in [-0.2, 0) is 0 Å². The first-order chi connectivity index (χ1) is 9.06. The summed E-state index contributed by atoms with van der Waals surface area (Å²) in [5.74, 6) is 0.644. The van der Waals surface area contributed by atoms with Crippen molar-refractivity contribution >= 4 is 22.4 Å². The number of fused-ring (bicyclic) bond motifs is 1. The maximum absolute atomic E-state index is 12.3. The van der Waals surface area contributed by atoms with E-state index in [0.29, 0.717) is 17.1 Å². The maximum Gasteiger partial charge on any atom is 0.244 e. The number of carbonyl (C=O) groups is 1. The number of H-pyrrole nitrogens is 1. The van der Waals surface area contributed by atoms with Crippen molar-refractivity contribution in [3.8, 4) is 0 Å². The quantitative estimate of drug-likeness (QED) is 0.690. The number of nitrogens with two attached hydrogens (primary N) is 1. The highest BCUT2D eigenvalue weighted by molar-refractivity contribution is 6.09. The van der Waals surface area contributed by atoms with E-state index in [2.05, 4.69) is 4.98 Å². The predicted octanol–water partition coefficient (Wildman–Crippen LogP) is 3.19. The van der Waals surface area contributed by atoms with Crippen LogP contribution in [0.3, 0.4) is 0 Å². The van der Waals surface area contributed by atoms with E-state index in [4.69, 9.17) is 10.2 Å². The lowest BCUT2D eigenvalue weighted by atomic mass is 10.1. The van der Waals surface area contributed by atoms with Crippen LogP contribution in [0, 0.1) is 13.8 Å². The zero-order valence-corrected chi connectivity index (χ0v) is 10.8. The minimum Gasteiger partial charge on any atom is -0.456 e. The summed E-state index contributed by atoms with van der Waals surface area (Å²) in [5.41, 5.74) is 8.79. The third-order valence-electron chi connectivity index (χ3n) is 3.29. The van der Waals surface area contributed by atoms with Crippen LogP contribution in [0.1, 0.15) is 27.6 Å². The number of furan rings is 1. The standard InChI is InChI=1S/C15H14N2O2/c1-8-4-3-5-10-6-12(17-14(8)10)15(18)13-7-11(16)9(2)19-13/h3-7,17H,16H2,1-2H3. The molecule has 0 saturated heterocycles. The molecule has 19 heavy (non-hydrogen) atoms. The first-order valence-corrected chi connectivity index (χ1v) is 6.05. The lowest BCUT2D eigenvalue weighted by Gasteiger charge is -1.94. The van der Waals surface area contributed by atoms with Gasteiger partial charge >= 0.3 is 0 Å². The van der Waals surface area contributed by atoms with Gasteiger partial charge in [0.2, 0.25) is 5.78 Å². The summed E-state index contributed by atoms with van der Waals surface area (Å²) >= 11 is 0. The molecule has 0 amide bonds. The Morgan fingerprint density at radius 2 is 2.05 bits per heavy atom. The number of anilines is 1. The molecule has 4 nitrogen and oxygen atoms in total. The van der Waals surface area contributed by atoms with E-state index in [0.717, 1.165) is 16.5 Å². The molecule has 0 spiro atoms. The van der Waals surface area contributed by atoms with Gasteiger partial charge in [-0.05, 0) is 25.5 Å². The molecule has 3 rings (SSSR count). The van der Waals surface area contributed by atoms with Crippen LogP contribution in [-0.4, -0.2) is 10.8 Å². The molecule has 0 saturated carbocycles. The number of hydrogen-bond donors (Lipinski definition) is 2. The second-order valence-corrected chi connectivity index (χ2v) is 4.67. The number of hydrogen-bond acceptors (Lipinski definition) is 3. The molecule has 0 atom stereocenters. The smallest absolute Gasteiger partial charge is 0.244 e. The van der Waals surface area contributed by atoms with Crippen LogP contribution in [0.2, 0.25) is 0 Å². The summed E-state index contributed by atoms with van der Waals surface area (Å²) in [4.78, 5) is 15.5. The van der Waals surface area contributed by atoms with Crippen molar-refractivity contribution in [3.05, 3.63) is 53.1 Å². The van der Waals surface area contributed by atoms with Crippen molar-refractivity contribution in [2.75, 3.05) is 5.73 Å². The van der Waals surface area contributed by atoms with Crippen LogP contribution in [0.25, 0.3) is 10.9 Å². The summed E-state index contributed by atoms with van der Waals surface area (Å²) in [7, 11) is 0. The van der Waals surface area contributed by atoms with Crippen LogP contribution in [0.15, 0.2) is 34.7 Å². The maximum atomic E-state index is 12.3. The number of ketones is 1. The molecule has 0 bridgehead atoms. The van der Waals surface area contributed by atoms with Crippen molar-refractivity contribution in [1.29, 1.82) is 0 Å². The number of rotatable bonds is 2. The molecule has 0 aliphatic carbocycles. The molecule has 0 aliphatic rings. The van der Waals surface area contributed by atoms with Gasteiger partial charge in [-0.1, -0.05) is 18.2 Å². The molecule has 2 heterocycles. The second-order valence-electron chi connectivity index (χ2n) is 4.67. The molecular formula is C15H14N2O2. The van der Waals surface area contributed by atoms with Crippen molar-refractivity contribution in [1.82, 2.24) is 4.98 Å². The van der Waals surface area contributed by atoms with Gasteiger partial charge in [0.25, 0.3) is 0 Å². The van der Waals surface area contributed by atoms with E-state index >= 15 is 0 Å². The number of aromatic nitrogens is 1. The number of nitrogen functional groups attached to an aromatic ring is 1. The van der Waals surface area contributed by atoms with Crippen molar-refractivity contribution in [3.63, 3.8) is 0 Å². The van der Waals surface area contributed by atoms with Gasteiger partial charge in [0.15, 0.2) is 5.76 Å². The average molecular weight is 254 g/mol. The topological polar surface area (TPSA) is 72.0 Å². The van der Waals surface area contributed by atoms with Gasteiger partial charge in [-0.15, -0.1) is 0 Å². The van der Waals surface area contributed by atoms with Gasteiger partial charge in [0, 0.05) is 17.0 Å². The van der Waals surface area contributed by atoms with Gasteiger partial charge < -0.3 is 15.1 Å². The molecular weight excluding hydrogens is 240 g/mol. The number of aromatic amines is 1. The fourth-order valence-electron chi connectivity index (χ4n) is 2.17. The van der Waals surface area contributed by atoms with E-state index in [1.807, 2.05) is 31.2 Å². The number of benzene rings is 1. The highest BCUT2D eigenvalue weighted by Crippen LogP contribution is 2.23. The van der Waals surface area contributed by atoms with Crippen molar-refractivity contribution < 1.29 is 9.21 Å². The van der Waals surface area contributed by atoms with Gasteiger partial charge in [-0.25, -0.2) is 0 Å². The van der Waals surface area contributed by atoms with E-state index in [1.54, 1.807) is 13.0 Å². The van der Waals surface area contributed by atoms with E-state index in [1.165, 1.54) is 0 Å². The SMILES string of the molecule is Cc1oc(C(=O)c2cc3cccc(C)c3[nH]2)cc1N. The number of aryl methyl sites for hydroxylation is 2. The van der Waals surface area contributed by atoms with Gasteiger partial charge in [0.05, 0.1) is 11.4 Å². The molecule has 96 valence electrons. The van der Waals surface area contributed by atoms with Crippen LogP contribution in [0.5, 0.6) is 0 Å². The summed E-state index contributed by atoms with van der Waals surface area (Å²) in [6, 6.07) is 9.34. The Labute approximate surface area is 110 Å². The zero-order chi connectivity index (χ0) is 13.6. The second kappa shape index (κ2) is 4.02. The third-order valence-corrected chi connectivity index (χ3v) is 3.29. The molecule has 2 aromatic heterocycles. The van der Waals surface area contributed by atoms with Crippen LogP contribution in [0.4, 0.5) is 5.69 Å². The fraction of sp³-hybridized carbons (Fsp3) is 0.133. The Morgan fingerprint density at radius 3 is 2.68 bits per heavy atom. The molecule has 3 aromatic rings. The molecule has 0 radical (unpaired) electrons. The lowest BCUT2D eigenvalue weighted by Crippen LogP contribution is -1.99.